The molecule has 36 heavy (non-hydrogen) atoms. The van der Waals surface area contributed by atoms with Crippen LogP contribution >= 0.6 is 15.9 Å². The van der Waals surface area contributed by atoms with Crippen molar-refractivity contribution in [3.63, 3.8) is 0 Å². The number of methoxy groups -OCH3 is 1. The molecular formula is C26H28BrN3O5S. The third-order valence-corrected chi connectivity index (χ3v) is 7.91. The number of carbonyl (C=O) groups excluding carboxylic acids is 2. The van der Waals surface area contributed by atoms with Gasteiger partial charge in [-0.2, -0.15) is 0 Å². The van der Waals surface area contributed by atoms with Gasteiger partial charge in [0.2, 0.25) is 11.8 Å². The van der Waals surface area contributed by atoms with E-state index in [-0.39, 0.29) is 17.3 Å². The minimum atomic E-state index is -4.10. The van der Waals surface area contributed by atoms with E-state index < -0.39 is 28.5 Å². The van der Waals surface area contributed by atoms with E-state index in [2.05, 4.69) is 21.2 Å². The monoisotopic (exact) mass is 573 g/mol. The molecule has 3 aromatic rings. The van der Waals surface area contributed by atoms with Crippen molar-refractivity contribution in [2.24, 2.45) is 0 Å². The predicted molar refractivity (Wildman–Crippen MR) is 142 cm³/mol. The first kappa shape index (κ1) is 27.2. The van der Waals surface area contributed by atoms with E-state index in [1.807, 2.05) is 24.3 Å². The van der Waals surface area contributed by atoms with Crippen LogP contribution in [-0.4, -0.2) is 51.9 Å². The Labute approximate surface area is 220 Å². The van der Waals surface area contributed by atoms with Crippen molar-refractivity contribution >= 4 is 43.5 Å². The van der Waals surface area contributed by atoms with Crippen molar-refractivity contribution in [1.29, 1.82) is 0 Å². The van der Waals surface area contributed by atoms with Crippen LogP contribution in [0.5, 0.6) is 5.75 Å². The number of ether oxygens (including phenoxy) is 1. The molecule has 190 valence electrons. The first-order valence-electron chi connectivity index (χ1n) is 11.1. The number of rotatable bonds is 10. The van der Waals surface area contributed by atoms with Crippen LogP contribution < -0.4 is 14.4 Å². The summed E-state index contributed by atoms with van der Waals surface area (Å²) in [5, 5.41) is 2.56. The minimum absolute atomic E-state index is 0.0477. The molecule has 0 radical (unpaired) electrons. The number of halogens is 1. The largest absolute Gasteiger partial charge is 0.497 e. The average Bonchev–Trinajstić information content (AvgIpc) is 2.90. The molecule has 1 atom stereocenters. The summed E-state index contributed by atoms with van der Waals surface area (Å²) >= 11 is 3.42. The molecule has 1 N–H and O–H groups in total. The molecule has 0 heterocycles. The molecule has 0 spiro atoms. The smallest absolute Gasteiger partial charge is 0.264 e. The molecule has 10 heteroatoms. The van der Waals surface area contributed by atoms with Gasteiger partial charge in [-0.1, -0.05) is 46.3 Å². The predicted octanol–water partition coefficient (Wildman–Crippen LogP) is 3.82. The summed E-state index contributed by atoms with van der Waals surface area (Å²) in [6.07, 6.45) is 0. The van der Waals surface area contributed by atoms with Crippen molar-refractivity contribution in [1.82, 2.24) is 10.2 Å². The van der Waals surface area contributed by atoms with Crippen LogP contribution in [0.15, 0.2) is 88.2 Å². The lowest BCUT2D eigenvalue weighted by atomic mass is 10.1. The molecular weight excluding hydrogens is 546 g/mol. The van der Waals surface area contributed by atoms with E-state index in [0.29, 0.717) is 11.4 Å². The Morgan fingerprint density at radius 1 is 1.00 bits per heavy atom. The summed E-state index contributed by atoms with van der Waals surface area (Å²) in [6, 6.07) is 20.8. The average molecular weight is 574 g/mol. The van der Waals surface area contributed by atoms with Crippen LogP contribution in [-0.2, 0) is 26.2 Å². The van der Waals surface area contributed by atoms with Crippen LogP contribution in [0.25, 0.3) is 0 Å². The fourth-order valence-corrected chi connectivity index (χ4v) is 5.50. The maximum Gasteiger partial charge on any atom is 0.264 e. The number of benzene rings is 3. The number of carbonyl (C=O) groups is 2. The lowest BCUT2D eigenvalue weighted by Gasteiger charge is -2.31. The van der Waals surface area contributed by atoms with E-state index >= 15 is 0 Å². The van der Waals surface area contributed by atoms with Crippen molar-refractivity contribution in [3.05, 3.63) is 88.9 Å². The standard InChI is InChI=1S/C26H28BrN3O5S/c1-19(26(32)28-2)29(17-20-8-7-9-21(27)16-20)25(31)18-30(22-12-14-23(35-3)15-13-22)36(33,34)24-10-5-4-6-11-24/h4-16,19H,17-18H2,1-3H3,(H,28,32)/t19-/m0/s1. The highest BCUT2D eigenvalue weighted by atomic mass is 79.9. The SMILES string of the molecule is CNC(=O)[C@H](C)N(Cc1cccc(Br)c1)C(=O)CN(c1ccc(OC)cc1)S(=O)(=O)c1ccccc1. The maximum atomic E-state index is 13.7. The topological polar surface area (TPSA) is 96.0 Å². The highest BCUT2D eigenvalue weighted by Crippen LogP contribution is 2.26. The summed E-state index contributed by atoms with van der Waals surface area (Å²) < 4.78 is 34.4. The Morgan fingerprint density at radius 3 is 2.25 bits per heavy atom. The Balaban J connectivity index is 2.02. The first-order valence-corrected chi connectivity index (χ1v) is 13.4. The molecule has 3 rings (SSSR count). The van der Waals surface area contributed by atoms with Crippen LogP contribution in [0.4, 0.5) is 5.69 Å². The van der Waals surface area contributed by atoms with Gasteiger partial charge >= 0.3 is 0 Å². The fourth-order valence-electron chi connectivity index (χ4n) is 3.62. The molecule has 8 nitrogen and oxygen atoms in total. The summed E-state index contributed by atoms with van der Waals surface area (Å²) in [5.74, 6) is -0.340. The van der Waals surface area contributed by atoms with Gasteiger partial charge in [0.05, 0.1) is 17.7 Å². The highest BCUT2D eigenvalue weighted by molar-refractivity contribution is 9.10. The molecule has 0 fully saturated rings. The maximum absolute atomic E-state index is 13.7. The molecule has 0 bridgehead atoms. The second-order valence-corrected chi connectivity index (χ2v) is 10.7. The lowest BCUT2D eigenvalue weighted by Crippen LogP contribution is -2.50. The second kappa shape index (κ2) is 12.0. The molecule has 3 aromatic carbocycles. The molecule has 0 aliphatic carbocycles. The minimum Gasteiger partial charge on any atom is -0.497 e. The van der Waals surface area contributed by atoms with Gasteiger partial charge in [-0.25, -0.2) is 8.42 Å². The van der Waals surface area contributed by atoms with Gasteiger partial charge in [0.15, 0.2) is 0 Å². The first-order chi connectivity index (χ1) is 17.2. The summed E-state index contributed by atoms with van der Waals surface area (Å²) in [4.78, 5) is 27.6. The van der Waals surface area contributed by atoms with Gasteiger partial charge in [0.1, 0.15) is 18.3 Å². The molecule has 0 saturated carbocycles. The van der Waals surface area contributed by atoms with Crippen molar-refractivity contribution in [2.75, 3.05) is 25.0 Å². The highest BCUT2D eigenvalue weighted by Gasteiger charge is 2.32. The Hall–Kier alpha value is -3.37. The van der Waals surface area contributed by atoms with E-state index in [1.165, 1.54) is 31.2 Å². The second-order valence-electron chi connectivity index (χ2n) is 7.96. The third-order valence-electron chi connectivity index (χ3n) is 5.63. The summed E-state index contributed by atoms with van der Waals surface area (Å²) in [7, 11) is -1.10. The van der Waals surface area contributed by atoms with Gasteiger partial charge in [0, 0.05) is 18.1 Å². The number of nitrogens with one attached hydrogen (secondary N) is 1. The fraction of sp³-hybridized carbons (Fsp3) is 0.231. The van der Waals surface area contributed by atoms with Gasteiger partial charge < -0.3 is 15.0 Å². The Kier molecular flexibility index (Phi) is 9.11. The number of nitrogens with zero attached hydrogens (tertiary/aromatic N) is 2. The quantitative estimate of drug-likeness (QED) is 0.398. The zero-order valence-electron chi connectivity index (χ0n) is 20.2. The van der Waals surface area contributed by atoms with E-state index in [0.717, 1.165) is 14.3 Å². The Bertz CT molecular complexity index is 1300. The van der Waals surface area contributed by atoms with E-state index in [1.54, 1.807) is 49.4 Å². The number of amides is 2. The summed E-state index contributed by atoms with van der Waals surface area (Å²) in [6.45, 7) is 1.23. The van der Waals surface area contributed by atoms with Gasteiger partial charge in [-0.05, 0) is 61.0 Å². The molecule has 2 amide bonds. The molecule has 0 aliphatic rings. The van der Waals surface area contributed by atoms with Gasteiger partial charge in [0.25, 0.3) is 10.0 Å². The van der Waals surface area contributed by atoms with Crippen LogP contribution in [0.3, 0.4) is 0 Å². The normalized spacial score (nSPS) is 11.9. The van der Waals surface area contributed by atoms with Crippen molar-refractivity contribution in [2.45, 2.75) is 24.4 Å². The van der Waals surface area contributed by atoms with E-state index in [4.69, 9.17) is 4.74 Å². The molecule has 0 aromatic heterocycles. The lowest BCUT2D eigenvalue weighted by molar-refractivity contribution is -0.139. The Morgan fingerprint density at radius 2 is 1.67 bits per heavy atom. The van der Waals surface area contributed by atoms with Crippen molar-refractivity contribution < 1.29 is 22.7 Å². The molecule has 0 unspecified atom stereocenters. The van der Waals surface area contributed by atoms with Gasteiger partial charge in [-0.15, -0.1) is 0 Å². The number of hydrogen-bond donors (Lipinski definition) is 1. The van der Waals surface area contributed by atoms with E-state index in [9.17, 15) is 18.0 Å². The zero-order valence-corrected chi connectivity index (χ0v) is 22.6. The third kappa shape index (κ3) is 6.44. The van der Waals surface area contributed by atoms with Crippen LogP contribution in [0, 0.1) is 0 Å². The van der Waals surface area contributed by atoms with Gasteiger partial charge in [-0.3, -0.25) is 13.9 Å². The number of anilines is 1. The number of sulfonamides is 1. The van der Waals surface area contributed by atoms with Crippen LogP contribution in [0.1, 0.15) is 12.5 Å². The number of likely N-dealkylation sites (N-methyl/N-ethyl adjacent to an activating group) is 1. The molecule has 0 saturated heterocycles. The van der Waals surface area contributed by atoms with Crippen molar-refractivity contribution in [3.8, 4) is 5.75 Å². The summed E-state index contributed by atoms with van der Waals surface area (Å²) in [5.41, 5.74) is 1.08. The molecule has 0 aliphatic heterocycles. The zero-order chi connectivity index (χ0) is 26.3. The number of hydrogen-bond acceptors (Lipinski definition) is 5. The van der Waals surface area contributed by atoms with Crippen LogP contribution in [0.2, 0.25) is 0 Å².